The molecule has 1 aromatic carbocycles. The van der Waals surface area contributed by atoms with Crippen molar-refractivity contribution in [2.75, 3.05) is 45.7 Å². The van der Waals surface area contributed by atoms with Gasteiger partial charge in [0.15, 0.2) is 11.5 Å². The molecule has 3 amide bonds. The topological polar surface area (TPSA) is 173 Å². The van der Waals surface area contributed by atoms with Crippen molar-refractivity contribution in [3.8, 4) is 11.6 Å². The molecule has 7 rings (SSSR count). The number of amides is 3. The van der Waals surface area contributed by atoms with Crippen LogP contribution in [-0.2, 0) is 34.0 Å². The molecule has 0 radical (unpaired) electrons. The number of likely N-dealkylation sites (N-methyl/N-ethyl adjacent to an activating group) is 2. The van der Waals surface area contributed by atoms with Gasteiger partial charge in [-0.05, 0) is 74.5 Å². The third kappa shape index (κ3) is 8.26. The summed E-state index contributed by atoms with van der Waals surface area (Å²) in [6.45, 7) is 5.35. The van der Waals surface area contributed by atoms with Gasteiger partial charge in [-0.15, -0.1) is 0 Å². The molecular formula is C42H55N5O9S. The van der Waals surface area contributed by atoms with E-state index < -0.39 is 62.3 Å². The van der Waals surface area contributed by atoms with Gasteiger partial charge in [-0.25, -0.2) is 13.4 Å². The zero-order valence-corrected chi connectivity index (χ0v) is 34.4. The van der Waals surface area contributed by atoms with E-state index in [1.54, 1.807) is 6.20 Å². The Morgan fingerprint density at radius 3 is 2.58 bits per heavy atom. The zero-order chi connectivity index (χ0) is 40.8. The highest BCUT2D eigenvalue weighted by molar-refractivity contribution is 7.90. The number of hydrogen-bond donors (Lipinski definition) is 1. The van der Waals surface area contributed by atoms with Crippen molar-refractivity contribution in [1.29, 1.82) is 0 Å². The van der Waals surface area contributed by atoms with Crippen molar-refractivity contribution in [3.63, 3.8) is 0 Å². The van der Waals surface area contributed by atoms with Gasteiger partial charge >= 0.3 is 0 Å². The van der Waals surface area contributed by atoms with Gasteiger partial charge in [0, 0.05) is 63.3 Å². The Morgan fingerprint density at radius 2 is 1.86 bits per heavy atom. The first kappa shape index (κ1) is 40.7. The van der Waals surface area contributed by atoms with Crippen molar-refractivity contribution in [2.45, 2.75) is 95.5 Å². The van der Waals surface area contributed by atoms with Crippen molar-refractivity contribution in [2.24, 2.45) is 29.1 Å². The normalized spacial score (nSPS) is 29.8. The predicted molar refractivity (Wildman–Crippen MR) is 213 cm³/mol. The lowest BCUT2D eigenvalue weighted by Gasteiger charge is -2.33. The number of fused-ring (bicyclic) bond motifs is 5. The number of ether oxygens (including phenoxy) is 2. The van der Waals surface area contributed by atoms with Gasteiger partial charge in [0.2, 0.25) is 33.5 Å². The van der Waals surface area contributed by atoms with Gasteiger partial charge in [0.1, 0.15) is 12.7 Å². The number of ketones is 2. The van der Waals surface area contributed by atoms with Crippen LogP contribution in [0.15, 0.2) is 36.5 Å². The average molecular weight is 806 g/mol. The average Bonchev–Trinajstić information content (AvgIpc) is 4.11. The molecule has 15 heteroatoms. The molecule has 2 saturated carbocycles. The Labute approximate surface area is 334 Å². The summed E-state index contributed by atoms with van der Waals surface area (Å²) in [5.41, 5.74) is -0.337. The minimum Gasteiger partial charge on any atom is -0.489 e. The van der Waals surface area contributed by atoms with E-state index in [0.717, 1.165) is 29.8 Å². The van der Waals surface area contributed by atoms with Crippen molar-refractivity contribution in [3.05, 3.63) is 36.5 Å². The summed E-state index contributed by atoms with van der Waals surface area (Å²) in [5, 5.41) is 0.909. The van der Waals surface area contributed by atoms with Crippen LogP contribution >= 0.6 is 0 Å². The largest absolute Gasteiger partial charge is 0.489 e. The number of hydrogen-bond acceptors (Lipinski definition) is 11. The molecule has 2 aromatic rings. The van der Waals surface area contributed by atoms with Crippen LogP contribution in [0.1, 0.15) is 78.1 Å². The molecule has 1 aromatic heterocycles. The van der Waals surface area contributed by atoms with E-state index in [1.165, 1.54) is 23.9 Å². The molecular weight excluding hydrogens is 751 g/mol. The first-order valence-electron chi connectivity index (χ1n) is 20.4. The van der Waals surface area contributed by atoms with Crippen LogP contribution in [0.2, 0.25) is 0 Å². The summed E-state index contributed by atoms with van der Waals surface area (Å²) >= 11 is 0. The zero-order valence-electron chi connectivity index (χ0n) is 33.6. The standard InChI is InChI=1S/C42H55N5O9S/c1-6-26-19-25(2)9-7-8-10-27-22-42(27,41(52)44-57(53,54)29-11-12-29)23-36(49)34-20-28(24-47(34)39(50)32(26)21-35(48)40(51)45(3)4)56-38-31-13-14-33-37(30(31)15-16-43-38)55-18-17-46(33)5/h8,10,13-16,25-29,32,34H,6-7,9,11-12,17-24H2,1-5H3,(H,44,52)/b10-8-/t25-,26-,27-,28-,32+,34+,42-/m1/s1. The van der Waals surface area contributed by atoms with Crippen LogP contribution < -0.4 is 19.1 Å². The summed E-state index contributed by atoms with van der Waals surface area (Å²) in [5.74, 6) is -3.13. The van der Waals surface area contributed by atoms with E-state index in [0.29, 0.717) is 56.4 Å². The van der Waals surface area contributed by atoms with Crippen molar-refractivity contribution >= 4 is 55.8 Å². The van der Waals surface area contributed by atoms with E-state index in [-0.39, 0.29) is 49.3 Å². The molecule has 57 heavy (non-hydrogen) atoms. The monoisotopic (exact) mass is 805 g/mol. The lowest BCUT2D eigenvalue weighted by molar-refractivity contribution is -0.148. The molecule has 5 aliphatic rings. The number of Topliss-reactive ketones (excluding diaryl/α,β-unsaturated/α-hetero) is 2. The van der Waals surface area contributed by atoms with Gasteiger partial charge in [0.05, 0.1) is 35.5 Å². The van der Waals surface area contributed by atoms with Crippen molar-refractivity contribution < 1.29 is 41.9 Å². The maximum Gasteiger partial charge on any atom is 0.289 e. The SMILES string of the molecule is CC[C@@H]1C[C@H](C)CC/C=C\[C@@H]2C[C@@]2(C(=O)NS(=O)(=O)C2CC2)CC(=O)[C@@H]2C[C@@H](Oc3nccc4c5c(ccc34)N(C)CCO5)CN2C(=O)[C@H]1CC(=O)C(=O)N(C)C. The van der Waals surface area contributed by atoms with Crippen LogP contribution in [0.3, 0.4) is 0 Å². The molecule has 7 atom stereocenters. The molecule has 3 fully saturated rings. The third-order valence-electron chi connectivity index (χ3n) is 12.8. The van der Waals surface area contributed by atoms with Crippen LogP contribution in [0.4, 0.5) is 5.69 Å². The molecule has 0 spiro atoms. The predicted octanol–water partition coefficient (Wildman–Crippen LogP) is 4.05. The lowest BCUT2D eigenvalue weighted by Crippen LogP contribution is -2.48. The third-order valence-corrected chi connectivity index (χ3v) is 14.6. The van der Waals surface area contributed by atoms with Crippen LogP contribution in [-0.4, -0.2) is 111 Å². The number of carbonyl (C=O) groups excluding carboxylic acids is 5. The second kappa shape index (κ2) is 16.0. The summed E-state index contributed by atoms with van der Waals surface area (Å²) in [6, 6.07) is 4.71. The van der Waals surface area contributed by atoms with Gasteiger partial charge < -0.3 is 24.2 Å². The Balaban J connectivity index is 1.24. The van der Waals surface area contributed by atoms with E-state index in [1.807, 2.05) is 44.3 Å². The van der Waals surface area contributed by atoms with Gasteiger partial charge in [-0.2, -0.15) is 0 Å². The fraction of sp³-hybridized carbons (Fsp3) is 0.619. The highest BCUT2D eigenvalue weighted by Gasteiger charge is 2.61. The number of carbonyl (C=O) groups is 5. The quantitative estimate of drug-likeness (QED) is 0.286. The van der Waals surface area contributed by atoms with E-state index in [9.17, 15) is 27.6 Å². The maximum atomic E-state index is 15.0. The van der Waals surface area contributed by atoms with Crippen LogP contribution in [0.25, 0.3) is 10.8 Å². The van der Waals surface area contributed by atoms with E-state index in [2.05, 4.69) is 21.5 Å². The number of nitrogens with zero attached hydrogens (tertiary/aromatic N) is 4. The first-order valence-corrected chi connectivity index (χ1v) is 21.9. The van der Waals surface area contributed by atoms with E-state index in [4.69, 9.17) is 9.47 Å². The van der Waals surface area contributed by atoms with Crippen LogP contribution in [0.5, 0.6) is 11.6 Å². The fourth-order valence-corrected chi connectivity index (χ4v) is 10.5. The van der Waals surface area contributed by atoms with Gasteiger partial charge in [-0.1, -0.05) is 32.4 Å². The van der Waals surface area contributed by atoms with Gasteiger partial charge in [-0.3, -0.25) is 28.7 Å². The van der Waals surface area contributed by atoms with Crippen LogP contribution in [0, 0.1) is 29.1 Å². The number of benzene rings is 1. The number of sulfonamides is 1. The Hall–Kier alpha value is -4.53. The molecule has 2 aliphatic carbocycles. The Morgan fingerprint density at radius 1 is 1.09 bits per heavy atom. The minimum absolute atomic E-state index is 0.00831. The summed E-state index contributed by atoms with van der Waals surface area (Å²) in [6.07, 6.45) is 8.36. The molecule has 14 nitrogen and oxygen atoms in total. The highest BCUT2D eigenvalue weighted by atomic mass is 32.2. The second-order valence-electron chi connectivity index (χ2n) is 17.1. The molecule has 308 valence electrons. The number of anilines is 1. The smallest absolute Gasteiger partial charge is 0.289 e. The summed E-state index contributed by atoms with van der Waals surface area (Å²) < 4.78 is 40.9. The number of rotatable bonds is 9. The summed E-state index contributed by atoms with van der Waals surface area (Å²) in [7, 11) is 1.12. The molecule has 4 heterocycles. The first-order chi connectivity index (χ1) is 27.1. The molecule has 0 unspecified atom stereocenters. The van der Waals surface area contributed by atoms with E-state index >= 15 is 4.79 Å². The maximum absolute atomic E-state index is 15.0. The molecule has 0 bridgehead atoms. The number of pyridine rings is 1. The minimum atomic E-state index is -3.88. The molecule has 3 aliphatic heterocycles. The lowest BCUT2D eigenvalue weighted by atomic mass is 9.78. The van der Waals surface area contributed by atoms with Gasteiger partial charge in [0.25, 0.3) is 5.91 Å². The molecule has 1 N–H and O–H groups in total. The molecule has 1 saturated heterocycles. The number of aromatic nitrogens is 1. The highest BCUT2D eigenvalue weighted by Crippen LogP contribution is 2.57. The summed E-state index contributed by atoms with van der Waals surface area (Å²) in [4.78, 5) is 79.3. The Bertz CT molecular complexity index is 2080. The van der Waals surface area contributed by atoms with Crippen molar-refractivity contribution in [1.82, 2.24) is 19.5 Å². The number of nitrogens with one attached hydrogen (secondary N) is 1. The second-order valence-corrected chi connectivity index (χ2v) is 19.1. The number of allylic oxidation sites excluding steroid dienone is 2. The Kier molecular flexibility index (Phi) is 11.4. The fourth-order valence-electron chi connectivity index (χ4n) is 9.08.